The fraction of sp³-hybridized carbons (Fsp3) is 0.625. The Morgan fingerprint density at radius 1 is 1.12 bits per heavy atom. The van der Waals surface area contributed by atoms with E-state index in [2.05, 4.69) is 32.0 Å². The maximum Gasteiger partial charge on any atom is -0.00173 e. The van der Waals surface area contributed by atoms with E-state index >= 15 is 0 Å². The highest BCUT2D eigenvalue weighted by molar-refractivity contribution is 5.31. The maximum absolute atomic E-state index is 6.07. The standard InChI is InChI=1S/C16H25N/c1-13-6-7-14(2)15(10-13)11-16(12-17)8-4-3-5-9-16/h6-7,10H,3-5,8-9,11-12,17H2,1-2H3. The molecule has 0 radical (unpaired) electrons. The van der Waals surface area contributed by atoms with E-state index in [9.17, 15) is 0 Å². The minimum atomic E-state index is 0.386. The van der Waals surface area contributed by atoms with Crippen molar-refractivity contribution in [1.82, 2.24) is 0 Å². The number of aryl methyl sites for hydroxylation is 2. The first-order valence-corrected chi connectivity index (χ1v) is 6.91. The van der Waals surface area contributed by atoms with Crippen LogP contribution in [0.3, 0.4) is 0 Å². The Bertz CT molecular complexity index is 375. The monoisotopic (exact) mass is 231 g/mol. The zero-order valence-corrected chi connectivity index (χ0v) is 11.3. The summed E-state index contributed by atoms with van der Waals surface area (Å²) in [7, 11) is 0. The van der Waals surface area contributed by atoms with E-state index in [-0.39, 0.29) is 0 Å². The highest BCUT2D eigenvalue weighted by Gasteiger charge is 2.31. The first kappa shape index (κ1) is 12.6. The molecule has 0 saturated heterocycles. The maximum atomic E-state index is 6.07. The molecule has 1 fully saturated rings. The summed E-state index contributed by atoms with van der Waals surface area (Å²) in [6.45, 7) is 5.25. The van der Waals surface area contributed by atoms with Crippen LogP contribution in [0.2, 0.25) is 0 Å². The molecule has 17 heavy (non-hydrogen) atoms. The number of nitrogens with two attached hydrogens (primary N) is 1. The van der Waals surface area contributed by atoms with Gasteiger partial charge in [0.05, 0.1) is 0 Å². The molecule has 0 bridgehead atoms. The van der Waals surface area contributed by atoms with Crippen LogP contribution in [-0.2, 0) is 6.42 Å². The molecule has 1 aromatic rings. The van der Waals surface area contributed by atoms with E-state index in [1.54, 1.807) is 0 Å². The number of hydrogen-bond donors (Lipinski definition) is 1. The van der Waals surface area contributed by atoms with Crippen molar-refractivity contribution in [2.24, 2.45) is 11.1 Å². The number of benzene rings is 1. The van der Waals surface area contributed by atoms with Crippen LogP contribution >= 0.6 is 0 Å². The summed E-state index contributed by atoms with van der Waals surface area (Å²) < 4.78 is 0. The molecule has 1 aliphatic carbocycles. The molecule has 0 unspecified atom stereocenters. The number of rotatable bonds is 3. The molecule has 1 aromatic carbocycles. The SMILES string of the molecule is Cc1ccc(C)c(CC2(CN)CCCCC2)c1. The van der Waals surface area contributed by atoms with E-state index in [4.69, 9.17) is 5.73 Å². The second kappa shape index (κ2) is 5.22. The largest absolute Gasteiger partial charge is 0.330 e. The molecular weight excluding hydrogens is 206 g/mol. The molecule has 0 heterocycles. The molecule has 1 nitrogen and oxygen atoms in total. The Balaban J connectivity index is 2.20. The molecule has 1 heteroatoms. The van der Waals surface area contributed by atoms with Crippen molar-refractivity contribution < 1.29 is 0 Å². The van der Waals surface area contributed by atoms with Crippen LogP contribution in [0, 0.1) is 19.3 Å². The van der Waals surface area contributed by atoms with E-state index < -0.39 is 0 Å². The Hall–Kier alpha value is -0.820. The first-order valence-electron chi connectivity index (χ1n) is 6.91. The van der Waals surface area contributed by atoms with Gasteiger partial charge in [-0.25, -0.2) is 0 Å². The minimum absolute atomic E-state index is 0.386. The highest BCUT2D eigenvalue weighted by Crippen LogP contribution is 2.38. The summed E-state index contributed by atoms with van der Waals surface area (Å²) >= 11 is 0. The molecule has 1 saturated carbocycles. The molecule has 0 amide bonds. The van der Waals surface area contributed by atoms with Crippen molar-refractivity contribution in [2.45, 2.75) is 52.4 Å². The summed E-state index contributed by atoms with van der Waals surface area (Å²) in [4.78, 5) is 0. The van der Waals surface area contributed by atoms with Gasteiger partial charge in [-0.05, 0) is 56.2 Å². The fourth-order valence-electron chi connectivity index (χ4n) is 3.15. The van der Waals surface area contributed by atoms with Crippen molar-refractivity contribution >= 4 is 0 Å². The topological polar surface area (TPSA) is 26.0 Å². The van der Waals surface area contributed by atoms with Crippen LogP contribution in [0.1, 0.15) is 48.8 Å². The normalized spacial score (nSPS) is 19.2. The predicted molar refractivity (Wildman–Crippen MR) is 74.2 cm³/mol. The molecule has 0 aliphatic heterocycles. The minimum Gasteiger partial charge on any atom is -0.330 e. The van der Waals surface area contributed by atoms with Crippen LogP contribution in [0.4, 0.5) is 0 Å². The smallest absolute Gasteiger partial charge is 0.00173 e. The van der Waals surface area contributed by atoms with Gasteiger partial charge in [0, 0.05) is 0 Å². The van der Waals surface area contributed by atoms with E-state index in [0.29, 0.717) is 5.41 Å². The quantitative estimate of drug-likeness (QED) is 0.842. The Morgan fingerprint density at radius 2 is 1.82 bits per heavy atom. The zero-order valence-electron chi connectivity index (χ0n) is 11.3. The lowest BCUT2D eigenvalue weighted by Gasteiger charge is -2.37. The van der Waals surface area contributed by atoms with Gasteiger partial charge >= 0.3 is 0 Å². The molecule has 0 aromatic heterocycles. The summed E-state index contributed by atoms with van der Waals surface area (Å²) in [5, 5.41) is 0. The van der Waals surface area contributed by atoms with Crippen molar-refractivity contribution in [3.05, 3.63) is 34.9 Å². The molecule has 1 aliphatic rings. The van der Waals surface area contributed by atoms with Crippen molar-refractivity contribution in [1.29, 1.82) is 0 Å². The van der Waals surface area contributed by atoms with Gasteiger partial charge in [-0.3, -0.25) is 0 Å². The second-order valence-corrected chi connectivity index (χ2v) is 5.87. The molecule has 0 spiro atoms. The Labute approximate surface area is 105 Å². The summed E-state index contributed by atoms with van der Waals surface area (Å²) in [6, 6.07) is 6.80. The van der Waals surface area contributed by atoms with Crippen molar-refractivity contribution in [3.8, 4) is 0 Å². The van der Waals surface area contributed by atoms with Gasteiger partial charge in [0.25, 0.3) is 0 Å². The van der Waals surface area contributed by atoms with Crippen LogP contribution in [0.25, 0.3) is 0 Å². The van der Waals surface area contributed by atoms with Crippen LogP contribution in [0.5, 0.6) is 0 Å². The first-order chi connectivity index (χ1) is 8.15. The highest BCUT2D eigenvalue weighted by atomic mass is 14.6. The van der Waals surface area contributed by atoms with Gasteiger partial charge in [-0.2, -0.15) is 0 Å². The summed E-state index contributed by atoms with van der Waals surface area (Å²) in [5.74, 6) is 0. The Morgan fingerprint density at radius 3 is 2.47 bits per heavy atom. The fourth-order valence-corrected chi connectivity index (χ4v) is 3.15. The second-order valence-electron chi connectivity index (χ2n) is 5.87. The summed E-state index contributed by atoms with van der Waals surface area (Å²) in [6.07, 6.45) is 7.93. The van der Waals surface area contributed by atoms with E-state index in [1.165, 1.54) is 55.2 Å². The molecule has 0 atom stereocenters. The van der Waals surface area contributed by atoms with Gasteiger partial charge in [0.15, 0.2) is 0 Å². The van der Waals surface area contributed by atoms with Gasteiger partial charge in [0.1, 0.15) is 0 Å². The molecular formula is C16H25N. The average molecular weight is 231 g/mol. The van der Waals surface area contributed by atoms with Crippen LogP contribution in [-0.4, -0.2) is 6.54 Å². The zero-order chi connectivity index (χ0) is 12.3. The van der Waals surface area contributed by atoms with Crippen molar-refractivity contribution in [3.63, 3.8) is 0 Å². The third-order valence-electron chi connectivity index (χ3n) is 4.42. The average Bonchev–Trinajstić information content (AvgIpc) is 2.35. The summed E-state index contributed by atoms with van der Waals surface area (Å²) in [5.41, 5.74) is 10.8. The number of hydrogen-bond acceptors (Lipinski definition) is 1. The van der Waals surface area contributed by atoms with Crippen molar-refractivity contribution in [2.75, 3.05) is 6.54 Å². The molecule has 94 valence electrons. The molecule has 2 N–H and O–H groups in total. The van der Waals surface area contributed by atoms with Gasteiger partial charge in [-0.1, -0.05) is 43.0 Å². The van der Waals surface area contributed by atoms with Gasteiger partial charge in [-0.15, -0.1) is 0 Å². The lowest BCUT2D eigenvalue weighted by Crippen LogP contribution is -2.35. The molecule has 2 rings (SSSR count). The van der Waals surface area contributed by atoms with E-state index in [0.717, 1.165) is 6.54 Å². The van der Waals surface area contributed by atoms with Gasteiger partial charge < -0.3 is 5.73 Å². The van der Waals surface area contributed by atoms with E-state index in [1.807, 2.05) is 0 Å². The Kier molecular flexibility index (Phi) is 3.88. The third kappa shape index (κ3) is 2.90. The lowest BCUT2D eigenvalue weighted by molar-refractivity contribution is 0.197. The third-order valence-corrected chi connectivity index (χ3v) is 4.42. The lowest BCUT2D eigenvalue weighted by atomic mass is 9.70. The predicted octanol–water partition coefficient (Wildman–Crippen LogP) is 3.76. The van der Waals surface area contributed by atoms with Crippen LogP contribution in [0.15, 0.2) is 18.2 Å². The van der Waals surface area contributed by atoms with Crippen LogP contribution < -0.4 is 5.73 Å². The van der Waals surface area contributed by atoms with Gasteiger partial charge in [0.2, 0.25) is 0 Å².